The largest absolute Gasteiger partial charge is 0.376 e. The van der Waals surface area contributed by atoms with Gasteiger partial charge in [-0.05, 0) is 20.3 Å². The number of rotatable bonds is 3. The average Bonchev–Trinajstić information content (AvgIpc) is 2.75. The summed E-state index contributed by atoms with van der Waals surface area (Å²) in [4.78, 5) is 15.6. The van der Waals surface area contributed by atoms with Crippen LogP contribution in [0, 0.1) is 0 Å². The Hall–Kier alpha value is -1.63. The van der Waals surface area contributed by atoms with Crippen LogP contribution in [0.15, 0.2) is 6.33 Å². The van der Waals surface area contributed by atoms with E-state index in [1.165, 1.54) is 11.0 Å². The van der Waals surface area contributed by atoms with Crippen molar-refractivity contribution in [2.45, 2.75) is 38.5 Å². The van der Waals surface area contributed by atoms with Gasteiger partial charge in [-0.15, -0.1) is 5.10 Å². The van der Waals surface area contributed by atoms with Gasteiger partial charge in [0.15, 0.2) is 0 Å². The van der Waals surface area contributed by atoms with Crippen LogP contribution in [0.4, 0.5) is 5.95 Å². The number of hydrogen-bond acceptors (Lipinski definition) is 5. The number of amides is 1. The lowest BCUT2D eigenvalue weighted by Gasteiger charge is -2.28. The fraction of sp³-hybridized carbons (Fsp3) is 0.700. The molecule has 1 aromatic rings. The second-order valence-corrected chi connectivity index (χ2v) is 4.53. The number of nitrogens with one attached hydrogen (secondary N) is 1. The van der Waals surface area contributed by atoms with Gasteiger partial charge in [0, 0.05) is 6.61 Å². The van der Waals surface area contributed by atoms with Crippen LogP contribution < -0.4 is 11.1 Å². The number of carbonyl (C=O) groups is 1. The van der Waals surface area contributed by atoms with Crippen molar-refractivity contribution in [1.29, 1.82) is 0 Å². The van der Waals surface area contributed by atoms with Crippen molar-refractivity contribution in [2.75, 3.05) is 12.3 Å². The van der Waals surface area contributed by atoms with Crippen LogP contribution in [-0.2, 0) is 16.1 Å². The molecule has 1 saturated heterocycles. The smallest absolute Gasteiger partial charge is 0.242 e. The maximum absolute atomic E-state index is 11.8. The van der Waals surface area contributed by atoms with Crippen molar-refractivity contribution >= 4 is 11.9 Å². The monoisotopic (exact) mass is 239 g/mol. The van der Waals surface area contributed by atoms with E-state index in [0.717, 1.165) is 6.42 Å². The third-order valence-corrected chi connectivity index (χ3v) is 3.17. The fourth-order valence-corrected chi connectivity index (χ4v) is 1.89. The normalized spacial score (nSPS) is 28.2. The maximum Gasteiger partial charge on any atom is 0.242 e. The Kier molecular flexibility index (Phi) is 3.01. The van der Waals surface area contributed by atoms with Crippen molar-refractivity contribution in [3.05, 3.63) is 6.33 Å². The van der Waals surface area contributed by atoms with Crippen molar-refractivity contribution in [2.24, 2.45) is 0 Å². The Bertz CT molecular complexity index is 419. The summed E-state index contributed by atoms with van der Waals surface area (Å²) < 4.78 is 6.87. The lowest BCUT2D eigenvalue weighted by molar-refractivity contribution is -0.124. The lowest BCUT2D eigenvalue weighted by Crippen LogP contribution is -2.51. The molecular formula is C10H17N5O2. The fourth-order valence-electron chi connectivity index (χ4n) is 1.89. The zero-order valence-electron chi connectivity index (χ0n) is 10.0. The predicted molar refractivity (Wildman–Crippen MR) is 61.0 cm³/mol. The standard InChI is InChI=1S/C10H17N5O2/c1-7-10(2,3-4-17-7)13-8(16)5-15-6-12-9(11)14-15/h6-7H,3-5H2,1-2H3,(H2,11,14)(H,13,16). The van der Waals surface area contributed by atoms with Gasteiger partial charge in [-0.1, -0.05) is 0 Å². The van der Waals surface area contributed by atoms with Crippen LogP contribution in [0.3, 0.4) is 0 Å². The first-order valence-electron chi connectivity index (χ1n) is 5.57. The van der Waals surface area contributed by atoms with E-state index in [0.29, 0.717) is 6.61 Å². The van der Waals surface area contributed by atoms with E-state index >= 15 is 0 Å². The Morgan fingerprint density at radius 3 is 3.12 bits per heavy atom. The number of carbonyl (C=O) groups excluding carboxylic acids is 1. The van der Waals surface area contributed by atoms with Crippen LogP contribution in [0.25, 0.3) is 0 Å². The molecule has 2 unspecified atom stereocenters. The molecule has 3 N–H and O–H groups in total. The molecule has 2 atom stereocenters. The number of anilines is 1. The second kappa shape index (κ2) is 4.33. The summed E-state index contributed by atoms with van der Waals surface area (Å²) in [6.07, 6.45) is 2.28. The van der Waals surface area contributed by atoms with Crippen molar-refractivity contribution in [1.82, 2.24) is 20.1 Å². The average molecular weight is 239 g/mol. The van der Waals surface area contributed by atoms with E-state index in [2.05, 4.69) is 15.4 Å². The van der Waals surface area contributed by atoms with Crippen LogP contribution >= 0.6 is 0 Å². The molecule has 1 aliphatic rings. The molecule has 0 aliphatic carbocycles. The van der Waals surface area contributed by atoms with E-state index in [-0.39, 0.29) is 30.0 Å². The van der Waals surface area contributed by atoms with E-state index < -0.39 is 0 Å². The van der Waals surface area contributed by atoms with Gasteiger partial charge in [-0.2, -0.15) is 0 Å². The summed E-state index contributed by atoms with van der Waals surface area (Å²) in [7, 11) is 0. The topological polar surface area (TPSA) is 95.1 Å². The van der Waals surface area contributed by atoms with Gasteiger partial charge >= 0.3 is 0 Å². The number of nitrogens with zero attached hydrogens (tertiary/aromatic N) is 3. The molecule has 94 valence electrons. The molecule has 0 saturated carbocycles. The van der Waals surface area contributed by atoms with Gasteiger partial charge in [0.1, 0.15) is 12.9 Å². The Labute approximate surface area is 99.3 Å². The molecule has 17 heavy (non-hydrogen) atoms. The van der Waals surface area contributed by atoms with Gasteiger partial charge in [0.25, 0.3) is 0 Å². The van der Waals surface area contributed by atoms with Crippen molar-refractivity contribution in [3.8, 4) is 0 Å². The number of hydrogen-bond donors (Lipinski definition) is 2. The summed E-state index contributed by atoms with van der Waals surface area (Å²) in [5, 5.41) is 6.83. The lowest BCUT2D eigenvalue weighted by atomic mass is 9.95. The van der Waals surface area contributed by atoms with Gasteiger partial charge < -0.3 is 15.8 Å². The zero-order chi connectivity index (χ0) is 12.5. The molecule has 0 spiro atoms. The van der Waals surface area contributed by atoms with E-state index in [1.807, 2.05) is 13.8 Å². The van der Waals surface area contributed by atoms with Crippen LogP contribution in [0.2, 0.25) is 0 Å². The molecule has 1 amide bonds. The summed E-state index contributed by atoms with van der Waals surface area (Å²) in [5.74, 6) is 0.0522. The van der Waals surface area contributed by atoms with Gasteiger partial charge in [0.2, 0.25) is 11.9 Å². The van der Waals surface area contributed by atoms with Crippen LogP contribution in [0.1, 0.15) is 20.3 Å². The zero-order valence-corrected chi connectivity index (χ0v) is 10.0. The first-order valence-corrected chi connectivity index (χ1v) is 5.57. The maximum atomic E-state index is 11.8. The number of nitrogen functional groups attached to an aromatic ring is 1. The molecule has 0 bridgehead atoms. The summed E-state index contributed by atoms with van der Waals surface area (Å²) in [6.45, 7) is 4.74. The quantitative estimate of drug-likeness (QED) is 0.744. The number of ether oxygens (including phenoxy) is 1. The van der Waals surface area contributed by atoms with Gasteiger partial charge in [-0.3, -0.25) is 4.79 Å². The first-order chi connectivity index (χ1) is 7.99. The Balaban J connectivity index is 1.93. The number of nitrogens with two attached hydrogens (primary N) is 1. The summed E-state index contributed by atoms with van der Waals surface area (Å²) >= 11 is 0. The predicted octanol–water partition coefficient (Wildman–Crippen LogP) is -0.456. The minimum absolute atomic E-state index is 0.0206. The second-order valence-electron chi connectivity index (χ2n) is 4.53. The summed E-state index contributed by atoms with van der Waals surface area (Å²) in [6, 6.07) is 0. The van der Waals surface area contributed by atoms with Gasteiger partial charge in [0.05, 0.1) is 11.6 Å². The molecule has 1 aromatic heterocycles. The Morgan fingerprint density at radius 2 is 2.59 bits per heavy atom. The van der Waals surface area contributed by atoms with E-state index in [4.69, 9.17) is 10.5 Å². The van der Waals surface area contributed by atoms with Crippen LogP contribution in [0.5, 0.6) is 0 Å². The molecule has 1 fully saturated rings. The minimum atomic E-state index is -0.302. The SMILES string of the molecule is CC1OCCC1(C)NC(=O)Cn1cnc(N)n1. The molecule has 7 heteroatoms. The minimum Gasteiger partial charge on any atom is -0.376 e. The third kappa shape index (κ3) is 2.55. The molecule has 7 nitrogen and oxygen atoms in total. The van der Waals surface area contributed by atoms with Crippen LogP contribution in [-0.4, -0.2) is 38.9 Å². The van der Waals surface area contributed by atoms with E-state index in [9.17, 15) is 4.79 Å². The van der Waals surface area contributed by atoms with E-state index in [1.54, 1.807) is 0 Å². The Morgan fingerprint density at radius 1 is 1.82 bits per heavy atom. The molecule has 1 aliphatic heterocycles. The molecule has 2 heterocycles. The highest BCUT2D eigenvalue weighted by Crippen LogP contribution is 2.24. The first kappa shape index (κ1) is 11.8. The molecule has 2 rings (SSSR count). The summed E-state index contributed by atoms with van der Waals surface area (Å²) in [5.41, 5.74) is 5.07. The van der Waals surface area contributed by atoms with Crippen molar-refractivity contribution < 1.29 is 9.53 Å². The highest BCUT2D eigenvalue weighted by atomic mass is 16.5. The highest BCUT2D eigenvalue weighted by molar-refractivity contribution is 5.76. The third-order valence-electron chi connectivity index (χ3n) is 3.17. The molecule has 0 aromatic carbocycles. The highest BCUT2D eigenvalue weighted by Gasteiger charge is 2.38. The molecular weight excluding hydrogens is 222 g/mol. The van der Waals surface area contributed by atoms with Crippen molar-refractivity contribution in [3.63, 3.8) is 0 Å². The number of aromatic nitrogens is 3. The van der Waals surface area contributed by atoms with Gasteiger partial charge in [-0.25, -0.2) is 9.67 Å². The molecule has 0 radical (unpaired) electrons.